The van der Waals surface area contributed by atoms with Gasteiger partial charge in [-0.05, 0) is 24.3 Å². The van der Waals surface area contributed by atoms with E-state index in [-0.39, 0.29) is 12.5 Å². The highest BCUT2D eigenvalue weighted by Gasteiger charge is 2.17. The second-order valence-electron chi connectivity index (χ2n) is 4.04. The number of rotatable bonds is 3. The number of hydrogen-bond acceptors (Lipinski definition) is 1. The minimum atomic E-state index is -0.325. The van der Waals surface area contributed by atoms with E-state index >= 15 is 0 Å². The van der Waals surface area contributed by atoms with Crippen molar-refractivity contribution in [2.45, 2.75) is 6.54 Å². The van der Waals surface area contributed by atoms with Gasteiger partial charge in [0.25, 0.3) is 5.91 Å². The van der Waals surface area contributed by atoms with Gasteiger partial charge in [-0.15, -0.1) is 0 Å². The molecule has 2 aromatic rings. The fourth-order valence-corrected chi connectivity index (χ4v) is 2.81. The number of carbonyl (C=O) groups is 1. The molecule has 0 bridgehead atoms. The first-order valence-corrected chi connectivity index (χ1v) is 7.12. The molecule has 0 aliphatic carbocycles. The Bertz CT molecular complexity index is 607. The molecule has 0 fully saturated rings. The normalized spacial score (nSPS) is 10.4. The Hall–Kier alpha value is -0.930. The second kappa shape index (κ2) is 6.68. The molecule has 2 aromatic carbocycles. The summed E-state index contributed by atoms with van der Waals surface area (Å²) in [7, 11) is 0. The van der Waals surface area contributed by atoms with E-state index in [9.17, 15) is 4.79 Å². The van der Waals surface area contributed by atoms with Crippen LogP contribution in [0.1, 0.15) is 15.9 Å². The van der Waals surface area contributed by atoms with Gasteiger partial charge in [0.2, 0.25) is 0 Å². The summed E-state index contributed by atoms with van der Waals surface area (Å²) in [4.78, 5) is 12.1. The van der Waals surface area contributed by atoms with Crippen molar-refractivity contribution in [2.75, 3.05) is 0 Å². The third-order valence-corrected chi connectivity index (χ3v) is 3.81. The van der Waals surface area contributed by atoms with Gasteiger partial charge >= 0.3 is 0 Å². The molecule has 0 aromatic heterocycles. The van der Waals surface area contributed by atoms with Crippen molar-refractivity contribution in [3.8, 4) is 0 Å². The molecule has 0 aliphatic rings. The summed E-state index contributed by atoms with van der Waals surface area (Å²) in [6.45, 7) is 0.0874. The molecule has 0 radical (unpaired) electrons. The fraction of sp³-hybridized carbons (Fsp3) is 0.0714. The zero-order valence-corrected chi connectivity index (χ0v) is 13.1. The quantitative estimate of drug-likeness (QED) is 0.676. The van der Waals surface area contributed by atoms with E-state index in [0.717, 1.165) is 4.42 Å². The van der Waals surface area contributed by atoms with Gasteiger partial charge in [-0.3, -0.25) is 4.79 Å². The summed E-state index contributed by atoms with van der Waals surface area (Å²) in [5.74, 6) is -0.325. The number of halogens is 4. The number of amides is 1. The fourth-order valence-electron chi connectivity index (χ4n) is 1.65. The van der Waals surface area contributed by atoms with Gasteiger partial charge in [0, 0.05) is 38.0 Å². The third-order valence-electron chi connectivity index (χ3n) is 2.64. The lowest BCUT2D eigenvalue weighted by Gasteiger charge is -2.16. The van der Waals surface area contributed by atoms with E-state index in [0.29, 0.717) is 26.2 Å². The van der Waals surface area contributed by atoms with Crippen LogP contribution in [0.15, 0.2) is 42.5 Å². The summed E-state index contributed by atoms with van der Waals surface area (Å²) >= 11 is 24.0. The molecule has 0 heterocycles. The lowest BCUT2D eigenvalue weighted by Crippen LogP contribution is -2.21. The zero-order chi connectivity index (χ0) is 14.7. The first-order valence-electron chi connectivity index (χ1n) is 5.65. The molecular weight excluding hydrogens is 340 g/mol. The summed E-state index contributed by atoms with van der Waals surface area (Å²) in [6, 6.07) is 11.8. The maximum absolute atomic E-state index is 12.1. The van der Waals surface area contributed by atoms with Crippen molar-refractivity contribution in [3.05, 3.63) is 68.7 Å². The van der Waals surface area contributed by atoms with Crippen LogP contribution >= 0.6 is 46.6 Å². The highest BCUT2D eigenvalue weighted by Crippen LogP contribution is 2.30. The van der Waals surface area contributed by atoms with Crippen molar-refractivity contribution in [1.29, 1.82) is 0 Å². The predicted molar refractivity (Wildman–Crippen MR) is 83.6 cm³/mol. The Morgan fingerprint density at radius 1 is 1.00 bits per heavy atom. The smallest absolute Gasteiger partial charge is 0.268 e. The van der Waals surface area contributed by atoms with Gasteiger partial charge in [0.1, 0.15) is 0 Å². The van der Waals surface area contributed by atoms with E-state index < -0.39 is 0 Å². The highest BCUT2D eigenvalue weighted by atomic mass is 35.5. The standard InChI is InChI=1S/C14H9Cl4NO/c15-10-6-12(16)11(13(17)7-10)8-19(18)14(20)9-4-2-1-3-5-9/h1-7H,8H2. The lowest BCUT2D eigenvalue weighted by molar-refractivity contribution is 0.0857. The van der Waals surface area contributed by atoms with Crippen molar-refractivity contribution in [2.24, 2.45) is 0 Å². The molecule has 20 heavy (non-hydrogen) atoms. The van der Waals surface area contributed by atoms with Crippen LogP contribution in [0, 0.1) is 0 Å². The molecular formula is C14H9Cl4NO. The first-order chi connectivity index (χ1) is 9.49. The lowest BCUT2D eigenvalue weighted by atomic mass is 10.2. The minimum absolute atomic E-state index is 0.0874. The highest BCUT2D eigenvalue weighted by molar-refractivity contribution is 6.39. The molecule has 0 aliphatic heterocycles. The van der Waals surface area contributed by atoms with Crippen LogP contribution in [-0.2, 0) is 6.54 Å². The van der Waals surface area contributed by atoms with Crippen LogP contribution < -0.4 is 0 Å². The Kier molecular flexibility index (Phi) is 5.17. The van der Waals surface area contributed by atoms with Crippen molar-refractivity contribution in [1.82, 2.24) is 4.42 Å². The SMILES string of the molecule is O=C(c1ccccc1)N(Cl)Cc1c(Cl)cc(Cl)cc1Cl. The number of carbonyl (C=O) groups excluding carboxylic acids is 1. The maximum atomic E-state index is 12.1. The molecule has 0 saturated heterocycles. The van der Waals surface area contributed by atoms with Crippen molar-refractivity contribution in [3.63, 3.8) is 0 Å². The van der Waals surface area contributed by atoms with E-state index in [4.69, 9.17) is 46.6 Å². The van der Waals surface area contributed by atoms with E-state index in [2.05, 4.69) is 0 Å². The van der Waals surface area contributed by atoms with E-state index in [1.807, 2.05) is 6.07 Å². The average Bonchev–Trinajstić information content (AvgIpc) is 2.42. The van der Waals surface area contributed by atoms with Crippen molar-refractivity contribution < 1.29 is 4.79 Å². The van der Waals surface area contributed by atoms with Crippen LogP contribution in [0.2, 0.25) is 15.1 Å². The largest absolute Gasteiger partial charge is 0.268 e. The summed E-state index contributed by atoms with van der Waals surface area (Å²) in [5.41, 5.74) is 1.04. The molecule has 6 heteroatoms. The van der Waals surface area contributed by atoms with Crippen LogP contribution in [0.25, 0.3) is 0 Å². The molecule has 2 nitrogen and oxygen atoms in total. The number of benzene rings is 2. The molecule has 0 saturated carbocycles. The van der Waals surface area contributed by atoms with E-state index in [1.165, 1.54) is 0 Å². The minimum Gasteiger partial charge on any atom is -0.268 e. The first kappa shape index (κ1) is 15.5. The molecule has 0 atom stereocenters. The van der Waals surface area contributed by atoms with Crippen LogP contribution in [-0.4, -0.2) is 10.3 Å². The summed E-state index contributed by atoms with van der Waals surface area (Å²) in [5, 5.41) is 1.17. The zero-order valence-electron chi connectivity index (χ0n) is 10.1. The van der Waals surface area contributed by atoms with E-state index in [1.54, 1.807) is 36.4 Å². The van der Waals surface area contributed by atoms with Gasteiger partial charge in [0.15, 0.2) is 0 Å². The van der Waals surface area contributed by atoms with Gasteiger partial charge in [-0.2, -0.15) is 0 Å². The Balaban J connectivity index is 2.20. The number of hydrogen-bond donors (Lipinski definition) is 0. The van der Waals surface area contributed by atoms with Gasteiger partial charge < -0.3 is 0 Å². The van der Waals surface area contributed by atoms with Crippen molar-refractivity contribution >= 4 is 52.5 Å². The maximum Gasteiger partial charge on any atom is 0.268 e. The van der Waals surface area contributed by atoms with Crippen LogP contribution in [0.3, 0.4) is 0 Å². The molecule has 0 N–H and O–H groups in total. The van der Waals surface area contributed by atoms with Crippen LogP contribution in [0.4, 0.5) is 0 Å². The average molecular weight is 349 g/mol. The Morgan fingerprint density at radius 2 is 1.55 bits per heavy atom. The second-order valence-corrected chi connectivity index (χ2v) is 5.70. The summed E-state index contributed by atoms with van der Waals surface area (Å²) in [6.07, 6.45) is 0. The molecule has 0 spiro atoms. The topological polar surface area (TPSA) is 20.3 Å². The molecule has 1 amide bonds. The number of nitrogens with zero attached hydrogens (tertiary/aromatic N) is 1. The Labute approximate surface area is 136 Å². The van der Waals surface area contributed by atoms with Crippen LogP contribution in [0.5, 0.6) is 0 Å². The third kappa shape index (κ3) is 3.58. The summed E-state index contributed by atoms with van der Waals surface area (Å²) < 4.78 is 1.04. The van der Waals surface area contributed by atoms with Gasteiger partial charge in [-0.1, -0.05) is 53.0 Å². The molecule has 0 unspecified atom stereocenters. The van der Waals surface area contributed by atoms with Gasteiger partial charge in [0.05, 0.1) is 6.54 Å². The van der Waals surface area contributed by atoms with Gasteiger partial charge in [-0.25, -0.2) is 4.42 Å². The Morgan fingerprint density at radius 3 is 2.10 bits per heavy atom. The molecule has 2 rings (SSSR count). The monoisotopic (exact) mass is 347 g/mol. The predicted octanol–water partition coefficient (Wildman–Crippen LogP) is 5.44. The molecule has 104 valence electrons.